The van der Waals surface area contributed by atoms with Crippen LogP contribution in [0.5, 0.6) is 0 Å². The number of hydrogen-bond donors (Lipinski definition) is 0. The molecule has 420 valence electrons. The van der Waals surface area contributed by atoms with Gasteiger partial charge in [0.15, 0.2) is 5.58 Å². The summed E-state index contributed by atoms with van der Waals surface area (Å²) in [6.07, 6.45) is 0. The van der Waals surface area contributed by atoms with Crippen LogP contribution in [0.2, 0.25) is 10.0 Å². The van der Waals surface area contributed by atoms with E-state index < -0.39 is 5.41 Å². The number of rotatable bonds is 6. The van der Waals surface area contributed by atoms with Crippen molar-refractivity contribution in [3.8, 4) is 22.3 Å². The number of furan rings is 2. The lowest BCUT2D eigenvalue weighted by molar-refractivity contribution is 0.590. The van der Waals surface area contributed by atoms with Crippen LogP contribution in [0.1, 0.15) is 135 Å². The van der Waals surface area contributed by atoms with Crippen molar-refractivity contribution in [1.29, 1.82) is 0 Å². The highest BCUT2D eigenvalue weighted by Gasteiger charge is 2.55. The standard InChI is InChI=1S/C77H68Cl2N2O2.CH4/c1-73(2,3)45-21-31-51(32-22-45)80(52-33-23-46(24-34-52)74(4,5)6)63-43-62-70(72-67(63)57-17-13-15-19-65(57)83-72)69-61(77(62)59-41-49(78)29-39-55(59)56-40-30-50(79)42-60(56)77)44-64(71-68(69)58-18-14-16-20-66(58)82-71)81(53-35-25-47(26-36-53)75(7,8)9)54-37-27-48(28-38-54)76(10,11)12;/h13-44H,1-12H3;1H4. The highest BCUT2D eigenvalue weighted by molar-refractivity contribution is 6.32. The van der Waals surface area contributed by atoms with Crippen molar-refractivity contribution in [3.63, 3.8) is 0 Å². The van der Waals surface area contributed by atoms with Crippen LogP contribution < -0.4 is 9.80 Å². The van der Waals surface area contributed by atoms with Gasteiger partial charge in [0.1, 0.15) is 16.7 Å². The summed E-state index contributed by atoms with van der Waals surface area (Å²) in [7, 11) is 0. The highest BCUT2D eigenvalue weighted by Crippen LogP contribution is 2.68. The molecule has 6 heteroatoms. The molecule has 84 heavy (non-hydrogen) atoms. The fraction of sp³-hybridized carbons (Fsp3) is 0.231. The number of para-hydroxylation sites is 2. The first-order valence-electron chi connectivity index (χ1n) is 29.1. The van der Waals surface area contributed by atoms with Gasteiger partial charge in [-0.3, -0.25) is 0 Å². The van der Waals surface area contributed by atoms with E-state index in [1.165, 1.54) is 22.3 Å². The van der Waals surface area contributed by atoms with Crippen LogP contribution in [0.25, 0.3) is 66.1 Å². The zero-order valence-corrected chi connectivity index (χ0v) is 51.0. The van der Waals surface area contributed by atoms with Crippen molar-refractivity contribution in [2.75, 3.05) is 9.80 Å². The summed E-state index contributed by atoms with van der Waals surface area (Å²) in [4.78, 5) is 4.85. The number of nitrogens with zero attached hydrogens (tertiary/aromatic N) is 2. The van der Waals surface area contributed by atoms with E-state index in [2.05, 4.69) is 275 Å². The van der Waals surface area contributed by atoms with Gasteiger partial charge in [0.2, 0.25) is 0 Å². The first-order chi connectivity index (χ1) is 39.5. The zero-order valence-electron chi connectivity index (χ0n) is 49.4. The van der Waals surface area contributed by atoms with Gasteiger partial charge in [-0.05, 0) is 174 Å². The fourth-order valence-electron chi connectivity index (χ4n) is 13.5. The van der Waals surface area contributed by atoms with Crippen LogP contribution in [0.4, 0.5) is 34.1 Å². The molecule has 2 heterocycles. The molecule has 0 unspecified atom stereocenters. The summed E-state index contributed by atoms with van der Waals surface area (Å²) in [5.74, 6) is 0. The predicted molar refractivity (Wildman–Crippen MR) is 358 cm³/mol. The Morgan fingerprint density at radius 1 is 0.345 bits per heavy atom. The molecule has 1 spiro atoms. The number of fused-ring (bicyclic) bond motifs is 18. The second-order valence-electron chi connectivity index (χ2n) is 27.2. The molecule has 0 amide bonds. The van der Waals surface area contributed by atoms with Gasteiger partial charge in [0.25, 0.3) is 0 Å². The number of benzene rings is 10. The van der Waals surface area contributed by atoms with E-state index >= 15 is 0 Å². The van der Waals surface area contributed by atoms with Gasteiger partial charge in [-0.25, -0.2) is 0 Å². The molecule has 14 rings (SSSR count). The van der Waals surface area contributed by atoms with Crippen molar-refractivity contribution < 1.29 is 8.83 Å². The Morgan fingerprint density at radius 2 is 0.690 bits per heavy atom. The molecule has 4 nitrogen and oxygen atoms in total. The van der Waals surface area contributed by atoms with Crippen molar-refractivity contribution in [2.45, 2.75) is 118 Å². The van der Waals surface area contributed by atoms with E-state index in [0.29, 0.717) is 10.0 Å². The molecule has 0 radical (unpaired) electrons. The third-order valence-corrected chi connectivity index (χ3v) is 18.3. The number of halogens is 2. The third-order valence-electron chi connectivity index (χ3n) is 17.8. The predicted octanol–water partition coefficient (Wildman–Crippen LogP) is 23.9. The van der Waals surface area contributed by atoms with Crippen molar-refractivity contribution in [2.24, 2.45) is 0 Å². The van der Waals surface area contributed by atoms with E-state index in [9.17, 15) is 0 Å². The normalized spacial score (nSPS) is 13.6. The molecular weight excluding hydrogens is 1070 g/mol. The Bertz CT molecular complexity index is 4420. The van der Waals surface area contributed by atoms with Crippen LogP contribution in [0.15, 0.2) is 203 Å². The van der Waals surface area contributed by atoms with Gasteiger partial charge in [-0.2, -0.15) is 0 Å². The molecule has 0 saturated heterocycles. The zero-order chi connectivity index (χ0) is 57.9. The maximum Gasteiger partial charge on any atom is 0.160 e. The topological polar surface area (TPSA) is 32.8 Å². The van der Waals surface area contributed by atoms with Crippen molar-refractivity contribution in [1.82, 2.24) is 0 Å². The molecule has 0 fully saturated rings. The second-order valence-corrected chi connectivity index (χ2v) is 28.1. The van der Waals surface area contributed by atoms with Gasteiger partial charge in [0, 0.05) is 60.1 Å². The van der Waals surface area contributed by atoms with Gasteiger partial charge < -0.3 is 18.6 Å². The molecular formula is C78H72Cl2N2O2. The summed E-state index contributed by atoms with van der Waals surface area (Å²) in [5.41, 5.74) is 21.6. The molecule has 0 N–H and O–H groups in total. The summed E-state index contributed by atoms with van der Waals surface area (Å²) < 4.78 is 15.0. The molecule has 0 aliphatic heterocycles. The minimum absolute atomic E-state index is 0. The summed E-state index contributed by atoms with van der Waals surface area (Å²) in [5, 5.41) is 5.36. The Hall–Kier alpha value is -8.02. The van der Waals surface area contributed by atoms with Gasteiger partial charge in [0.05, 0.1) is 22.2 Å². The quantitative estimate of drug-likeness (QED) is 0.166. The monoisotopic (exact) mass is 1140 g/mol. The fourth-order valence-corrected chi connectivity index (χ4v) is 13.8. The Kier molecular flexibility index (Phi) is 12.7. The summed E-state index contributed by atoms with van der Waals surface area (Å²) >= 11 is 14.8. The maximum atomic E-state index is 7.58. The van der Waals surface area contributed by atoms with Gasteiger partial charge in [-0.1, -0.05) is 211 Å². The van der Waals surface area contributed by atoms with Crippen LogP contribution in [-0.2, 0) is 27.1 Å². The molecule has 12 aromatic rings. The molecule has 2 aromatic heterocycles. The molecule has 0 atom stereocenters. The lowest BCUT2D eigenvalue weighted by Gasteiger charge is -2.34. The summed E-state index contributed by atoms with van der Waals surface area (Å²) in [6, 6.07) is 71.3. The average molecular weight is 1140 g/mol. The molecule has 10 aromatic carbocycles. The second kappa shape index (κ2) is 19.3. The van der Waals surface area contributed by atoms with Crippen molar-refractivity contribution in [3.05, 3.63) is 249 Å². The van der Waals surface area contributed by atoms with E-state index in [-0.39, 0.29) is 29.1 Å². The Balaban J connectivity index is 0.00000658. The van der Waals surface area contributed by atoms with Crippen LogP contribution in [0.3, 0.4) is 0 Å². The third kappa shape index (κ3) is 8.45. The van der Waals surface area contributed by atoms with Gasteiger partial charge >= 0.3 is 0 Å². The SMILES string of the molecule is C.CC(C)(C)c1ccc(N(c2ccc(C(C)(C)C)cc2)c2cc3c(c4c2oc2ccccc24)-c2c(cc(N(c4ccc(C(C)(C)C)cc4)c4ccc(C(C)(C)C)cc4)c4c2oc2ccccc24)C32c3cc(Cl)ccc3-c3ccc(Cl)cc32)cc1. The lowest BCUT2D eigenvalue weighted by atomic mass is 9.70. The Labute approximate surface area is 505 Å². The largest absolute Gasteiger partial charge is 0.455 e. The van der Waals surface area contributed by atoms with Crippen LogP contribution >= 0.6 is 23.2 Å². The van der Waals surface area contributed by atoms with Crippen LogP contribution in [-0.4, -0.2) is 0 Å². The van der Waals surface area contributed by atoms with Crippen molar-refractivity contribution >= 4 is 101 Å². The number of hydrogen-bond acceptors (Lipinski definition) is 4. The van der Waals surface area contributed by atoms with E-state index in [1.807, 2.05) is 12.1 Å². The minimum Gasteiger partial charge on any atom is -0.455 e. The first-order valence-corrected chi connectivity index (χ1v) is 29.9. The lowest BCUT2D eigenvalue weighted by Crippen LogP contribution is -2.27. The molecule has 2 aliphatic carbocycles. The van der Waals surface area contributed by atoms with Crippen LogP contribution in [0, 0.1) is 0 Å². The minimum atomic E-state index is -0.996. The average Bonchev–Trinajstić information content (AvgIpc) is 1.49. The van der Waals surface area contributed by atoms with E-state index in [1.54, 1.807) is 0 Å². The maximum absolute atomic E-state index is 7.58. The summed E-state index contributed by atoms with van der Waals surface area (Å²) in [6.45, 7) is 27.3. The highest BCUT2D eigenvalue weighted by atomic mass is 35.5. The smallest absolute Gasteiger partial charge is 0.160 e. The van der Waals surface area contributed by atoms with E-state index in [0.717, 1.165) is 123 Å². The first kappa shape index (κ1) is 55.2. The Morgan fingerprint density at radius 3 is 1.10 bits per heavy atom. The molecule has 0 saturated carbocycles. The molecule has 0 bridgehead atoms. The van der Waals surface area contributed by atoms with Gasteiger partial charge in [-0.15, -0.1) is 0 Å². The van der Waals surface area contributed by atoms with E-state index in [4.69, 9.17) is 32.0 Å². The molecule has 2 aliphatic rings. The number of anilines is 6.